The molecule has 1 saturated heterocycles. The van der Waals surface area contributed by atoms with Crippen LogP contribution in [-0.2, 0) is 9.53 Å². The molecule has 0 saturated carbocycles. The molecule has 5 heteroatoms. The highest BCUT2D eigenvalue weighted by Gasteiger charge is 2.34. The molecule has 0 aliphatic carbocycles. The van der Waals surface area contributed by atoms with Crippen molar-refractivity contribution in [1.82, 2.24) is 0 Å². The zero-order valence-electron chi connectivity index (χ0n) is 10.1. The fourth-order valence-corrected chi connectivity index (χ4v) is 1.98. The maximum absolute atomic E-state index is 11.7. The van der Waals surface area contributed by atoms with Gasteiger partial charge in [0.15, 0.2) is 0 Å². The van der Waals surface area contributed by atoms with E-state index in [2.05, 4.69) is 0 Å². The summed E-state index contributed by atoms with van der Waals surface area (Å²) in [6.45, 7) is 2.22. The molecule has 1 aromatic rings. The van der Waals surface area contributed by atoms with Crippen molar-refractivity contribution in [3.63, 3.8) is 0 Å². The smallest absolute Gasteiger partial charge is 0.414 e. The lowest BCUT2D eigenvalue weighted by atomic mass is 10.1. The van der Waals surface area contributed by atoms with Crippen molar-refractivity contribution in [2.75, 3.05) is 11.5 Å². The third-order valence-corrected chi connectivity index (χ3v) is 2.96. The number of aliphatic carboxylic acids is 1. The third-order valence-electron chi connectivity index (χ3n) is 2.96. The number of rotatable bonds is 4. The normalized spacial score (nSPS) is 18.8. The highest BCUT2D eigenvalue weighted by Crippen LogP contribution is 2.25. The van der Waals surface area contributed by atoms with Crippen molar-refractivity contribution < 1.29 is 19.4 Å². The maximum atomic E-state index is 11.7. The van der Waals surface area contributed by atoms with Crippen LogP contribution in [0.1, 0.15) is 18.4 Å². The van der Waals surface area contributed by atoms with Gasteiger partial charge in [0.05, 0.1) is 6.04 Å². The quantitative estimate of drug-likeness (QED) is 0.888. The van der Waals surface area contributed by atoms with Gasteiger partial charge in [-0.1, -0.05) is 17.7 Å². The van der Waals surface area contributed by atoms with Crippen LogP contribution in [0.5, 0.6) is 0 Å². The van der Waals surface area contributed by atoms with Crippen LogP contribution in [0.4, 0.5) is 10.5 Å². The van der Waals surface area contributed by atoms with Crippen LogP contribution in [-0.4, -0.2) is 29.8 Å². The van der Waals surface area contributed by atoms with Crippen LogP contribution >= 0.6 is 0 Å². The van der Waals surface area contributed by atoms with Crippen LogP contribution in [0.15, 0.2) is 24.3 Å². The van der Waals surface area contributed by atoms with Crippen LogP contribution < -0.4 is 4.90 Å². The Balaban J connectivity index is 2.14. The summed E-state index contributed by atoms with van der Waals surface area (Å²) in [5.74, 6) is -0.863. The molecule has 0 bridgehead atoms. The number of carboxylic acid groups (broad SMARTS) is 1. The second kappa shape index (κ2) is 5.08. The second-order valence-electron chi connectivity index (χ2n) is 4.37. The molecule has 96 valence electrons. The van der Waals surface area contributed by atoms with Gasteiger partial charge in [-0.2, -0.15) is 0 Å². The Morgan fingerprint density at radius 1 is 1.44 bits per heavy atom. The standard InChI is InChI=1S/C13H15NO4/c1-9-2-4-10(5-3-9)14-11(6-7-12(15)16)8-18-13(14)17/h2-5,11H,6-8H2,1H3,(H,15,16). The molecule has 1 aromatic carbocycles. The lowest BCUT2D eigenvalue weighted by molar-refractivity contribution is -0.137. The molecule has 1 heterocycles. The molecule has 18 heavy (non-hydrogen) atoms. The molecule has 5 nitrogen and oxygen atoms in total. The number of benzene rings is 1. The Morgan fingerprint density at radius 2 is 2.11 bits per heavy atom. The van der Waals surface area contributed by atoms with Crippen molar-refractivity contribution in [3.8, 4) is 0 Å². The lowest BCUT2D eigenvalue weighted by Gasteiger charge is -2.20. The number of carboxylic acids is 1. The fourth-order valence-electron chi connectivity index (χ4n) is 1.98. The second-order valence-corrected chi connectivity index (χ2v) is 4.37. The van der Waals surface area contributed by atoms with E-state index in [9.17, 15) is 9.59 Å². The highest BCUT2D eigenvalue weighted by molar-refractivity contribution is 5.90. The summed E-state index contributed by atoms with van der Waals surface area (Å²) in [7, 11) is 0. The molecule has 2 rings (SSSR count). The van der Waals surface area contributed by atoms with Crippen molar-refractivity contribution in [2.24, 2.45) is 0 Å². The van der Waals surface area contributed by atoms with Crippen LogP contribution in [0.25, 0.3) is 0 Å². The molecule has 1 aliphatic rings. The van der Waals surface area contributed by atoms with Gasteiger partial charge in [0.2, 0.25) is 0 Å². The average molecular weight is 249 g/mol. The predicted octanol–water partition coefficient (Wildman–Crippen LogP) is 2.19. The van der Waals surface area contributed by atoms with E-state index in [1.165, 1.54) is 4.90 Å². The summed E-state index contributed by atoms with van der Waals surface area (Å²) < 4.78 is 4.99. The van der Waals surface area contributed by atoms with Crippen LogP contribution in [0.2, 0.25) is 0 Å². The van der Waals surface area contributed by atoms with Crippen LogP contribution in [0, 0.1) is 6.92 Å². The van der Waals surface area contributed by atoms with Gasteiger partial charge < -0.3 is 9.84 Å². The summed E-state index contributed by atoms with van der Waals surface area (Å²) in [4.78, 5) is 23.8. The molecule has 1 N–H and O–H groups in total. The Labute approximate surface area is 105 Å². The molecule has 1 unspecified atom stereocenters. The van der Waals surface area contributed by atoms with Gasteiger partial charge in [-0.15, -0.1) is 0 Å². The van der Waals surface area contributed by atoms with Crippen molar-refractivity contribution in [3.05, 3.63) is 29.8 Å². The Kier molecular flexibility index (Phi) is 3.50. The van der Waals surface area contributed by atoms with Gasteiger partial charge in [0.1, 0.15) is 6.61 Å². The Morgan fingerprint density at radius 3 is 2.72 bits per heavy atom. The summed E-state index contributed by atoms with van der Waals surface area (Å²) in [5, 5.41) is 8.69. The summed E-state index contributed by atoms with van der Waals surface area (Å²) in [6.07, 6.45) is 0.0211. The number of anilines is 1. The number of hydrogen-bond acceptors (Lipinski definition) is 3. The van der Waals surface area contributed by atoms with E-state index in [4.69, 9.17) is 9.84 Å². The lowest BCUT2D eigenvalue weighted by Crippen LogP contribution is -2.33. The molecule has 1 aliphatic heterocycles. The van der Waals surface area contributed by atoms with E-state index < -0.39 is 12.1 Å². The van der Waals surface area contributed by atoms with E-state index in [1.54, 1.807) is 0 Å². The van der Waals surface area contributed by atoms with Gasteiger partial charge in [-0.25, -0.2) is 4.79 Å². The zero-order valence-corrected chi connectivity index (χ0v) is 10.1. The van der Waals surface area contributed by atoms with E-state index in [0.717, 1.165) is 11.3 Å². The first kappa shape index (κ1) is 12.4. The molecule has 1 fully saturated rings. The minimum Gasteiger partial charge on any atom is -0.481 e. The van der Waals surface area contributed by atoms with Crippen LogP contribution in [0.3, 0.4) is 0 Å². The molecule has 1 atom stereocenters. The number of nitrogens with zero attached hydrogens (tertiary/aromatic N) is 1. The minimum absolute atomic E-state index is 0.0314. The van der Waals surface area contributed by atoms with E-state index in [1.807, 2.05) is 31.2 Å². The van der Waals surface area contributed by atoms with Gasteiger partial charge >= 0.3 is 12.1 Å². The molecule has 0 radical (unpaired) electrons. The first-order valence-corrected chi connectivity index (χ1v) is 5.82. The molecule has 0 spiro atoms. The van der Waals surface area contributed by atoms with Crippen molar-refractivity contribution >= 4 is 17.7 Å². The summed E-state index contributed by atoms with van der Waals surface area (Å²) in [6, 6.07) is 7.31. The fraction of sp³-hybridized carbons (Fsp3) is 0.385. The van der Waals surface area contributed by atoms with Crippen molar-refractivity contribution in [2.45, 2.75) is 25.8 Å². The average Bonchev–Trinajstić information content (AvgIpc) is 2.69. The minimum atomic E-state index is -0.863. The molecular formula is C13H15NO4. The topological polar surface area (TPSA) is 66.8 Å². The van der Waals surface area contributed by atoms with Gasteiger partial charge in [-0.3, -0.25) is 9.69 Å². The number of carbonyl (C=O) groups is 2. The number of ether oxygens (including phenoxy) is 1. The predicted molar refractivity (Wildman–Crippen MR) is 65.7 cm³/mol. The Hall–Kier alpha value is -2.04. The molecule has 0 aromatic heterocycles. The van der Waals surface area contributed by atoms with E-state index in [0.29, 0.717) is 6.42 Å². The van der Waals surface area contributed by atoms with Gasteiger partial charge in [-0.05, 0) is 25.5 Å². The SMILES string of the molecule is Cc1ccc(N2C(=O)OCC2CCC(=O)O)cc1. The van der Waals surface area contributed by atoms with Gasteiger partial charge in [0, 0.05) is 12.1 Å². The first-order valence-electron chi connectivity index (χ1n) is 5.82. The van der Waals surface area contributed by atoms with E-state index >= 15 is 0 Å². The maximum Gasteiger partial charge on any atom is 0.414 e. The monoisotopic (exact) mass is 249 g/mol. The molecular weight excluding hydrogens is 234 g/mol. The number of carbonyl (C=O) groups excluding carboxylic acids is 1. The summed E-state index contributed by atoms with van der Waals surface area (Å²) in [5.41, 5.74) is 1.85. The first-order chi connectivity index (χ1) is 8.58. The number of cyclic esters (lactones) is 1. The number of hydrogen-bond donors (Lipinski definition) is 1. The van der Waals surface area contributed by atoms with E-state index in [-0.39, 0.29) is 19.1 Å². The van der Waals surface area contributed by atoms with Gasteiger partial charge in [0.25, 0.3) is 0 Å². The number of amides is 1. The molecule has 1 amide bonds. The third kappa shape index (κ3) is 2.61. The Bertz CT molecular complexity index is 455. The zero-order chi connectivity index (χ0) is 13.1. The largest absolute Gasteiger partial charge is 0.481 e. The number of aryl methyl sites for hydroxylation is 1. The highest BCUT2D eigenvalue weighted by atomic mass is 16.6. The van der Waals surface area contributed by atoms with Crippen molar-refractivity contribution in [1.29, 1.82) is 0 Å². The summed E-state index contributed by atoms with van der Waals surface area (Å²) >= 11 is 0.